The van der Waals surface area contributed by atoms with E-state index in [4.69, 9.17) is 11.5 Å². The molecule has 7 nitrogen and oxygen atoms in total. The normalized spacial score (nSPS) is 10.8. The molecule has 0 fully saturated rings. The quantitative estimate of drug-likeness (QED) is 0.362. The zero-order valence-corrected chi connectivity index (χ0v) is 17.3. The molecule has 0 aliphatic rings. The first-order chi connectivity index (χ1) is 14.5. The van der Waals surface area contributed by atoms with Crippen LogP contribution in [0.1, 0.15) is 20.8 Å². The molecule has 4 aromatic rings. The predicted molar refractivity (Wildman–Crippen MR) is 121 cm³/mol. The molecule has 4 rings (SSSR count). The lowest BCUT2D eigenvalue weighted by Gasteiger charge is -2.12. The zero-order chi connectivity index (χ0) is 21.3. The van der Waals surface area contributed by atoms with Gasteiger partial charge in [-0.15, -0.1) is 22.7 Å². The highest BCUT2D eigenvalue weighted by molar-refractivity contribution is 7.21. The summed E-state index contributed by atoms with van der Waals surface area (Å²) in [7, 11) is 0. The van der Waals surface area contributed by atoms with E-state index in [0.29, 0.717) is 40.1 Å². The molecule has 0 aliphatic heterocycles. The number of benzene rings is 1. The first-order valence-corrected chi connectivity index (χ1v) is 10.7. The van der Waals surface area contributed by atoms with Crippen molar-refractivity contribution >= 4 is 50.3 Å². The summed E-state index contributed by atoms with van der Waals surface area (Å²) in [6.07, 6.45) is 0.679. The number of thiophene rings is 2. The number of nitrogens with zero attached hydrogens (tertiary/aromatic N) is 2. The van der Waals surface area contributed by atoms with Crippen molar-refractivity contribution in [1.82, 2.24) is 4.98 Å². The number of phenolic OH excluding ortho intramolecular Hbond substituents is 1. The summed E-state index contributed by atoms with van der Waals surface area (Å²) in [5.74, 6) is 0.0316. The highest BCUT2D eigenvalue weighted by atomic mass is 32.1. The lowest BCUT2D eigenvalue weighted by atomic mass is 10.0. The third kappa shape index (κ3) is 3.54. The number of aromatic nitrogens is 1. The van der Waals surface area contributed by atoms with Crippen LogP contribution in [0.3, 0.4) is 0 Å². The van der Waals surface area contributed by atoms with E-state index in [0.717, 1.165) is 21.8 Å². The van der Waals surface area contributed by atoms with Crippen molar-refractivity contribution in [3.8, 4) is 22.3 Å². The smallest absolute Gasteiger partial charge is 0.260 e. The SMILES string of the molecule is N#Cc1c(NCCc2ccc(O)cc2)nc2sc(C(N)=O)c(N)c2c1-c1cccs1. The van der Waals surface area contributed by atoms with Crippen molar-refractivity contribution in [2.75, 3.05) is 17.6 Å². The Balaban J connectivity index is 1.78. The molecule has 1 amide bonds. The van der Waals surface area contributed by atoms with Crippen molar-refractivity contribution in [3.63, 3.8) is 0 Å². The maximum Gasteiger partial charge on any atom is 0.260 e. The van der Waals surface area contributed by atoms with Crippen molar-refractivity contribution in [1.29, 1.82) is 5.26 Å². The van der Waals surface area contributed by atoms with Gasteiger partial charge in [0.1, 0.15) is 32.9 Å². The number of fused-ring (bicyclic) bond motifs is 1. The minimum atomic E-state index is -0.618. The van der Waals surface area contributed by atoms with Gasteiger partial charge in [0.25, 0.3) is 5.91 Å². The summed E-state index contributed by atoms with van der Waals surface area (Å²) >= 11 is 2.61. The molecule has 0 aliphatic carbocycles. The van der Waals surface area contributed by atoms with E-state index >= 15 is 0 Å². The van der Waals surface area contributed by atoms with Gasteiger partial charge in [0, 0.05) is 22.4 Å². The number of aromatic hydroxyl groups is 1. The van der Waals surface area contributed by atoms with Gasteiger partial charge in [0.05, 0.1) is 5.69 Å². The number of nitrogen functional groups attached to an aromatic ring is 1. The monoisotopic (exact) mass is 435 g/mol. The Labute approximate surface area is 180 Å². The second-order valence-corrected chi connectivity index (χ2v) is 8.48. The summed E-state index contributed by atoms with van der Waals surface area (Å²) in [6, 6.07) is 13.0. The molecule has 0 unspecified atom stereocenters. The van der Waals surface area contributed by atoms with Crippen molar-refractivity contribution in [3.05, 3.63) is 57.8 Å². The molecule has 9 heteroatoms. The summed E-state index contributed by atoms with van der Waals surface area (Å²) in [5.41, 5.74) is 14.0. The standard InChI is InChI=1S/C21H17N5O2S2/c22-10-13-15(14-2-1-9-29-14)16-17(23)18(19(24)28)30-21(16)26-20(13)25-8-7-11-3-5-12(27)6-4-11/h1-6,9,27H,7-8,23H2,(H2,24,28)(H,25,26). The Hall–Kier alpha value is -3.61. The van der Waals surface area contributed by atoms with Crippen LogP contribution in [0.25, 0.3) is 20.7 Å². The van der Waals surface area contributed by atoms with Gasteiger partial charge >= 0.3 is 0 Å². The molecular formula is C21H17N5O2S2. The van der Waals surface area contributed by atoms with E-state index in [1.807, 2.05) is 29.6 Å². The molecule has 30 heavy (non-hydrogen) atoms. The van der Waals surface area contributed by atoms with Crippen molar-refractivity contribution in [2.24, 2.45) is 5.73 Å². The first kappa shape index (κ1) is 19.7. The summed E-state index contributed by atoms with van der Waals surface area (Å²) in [4.78, 5) is 18.0. The number of amides is 1. The maximum absolute atomic E-state index is 11.8. The molecule has 3 heterocycles. The molecule has 0 saturated heterocycles. The Morgan fingerprint density at radius 1 is 1.27 bits per heavy atom. The van der Waals surface area contributed by atoms with Crippen LogP contribution in [0.15, 0.2) is 41.8 Å². The average Bonchev–Trinajstić information content (AvgIpc) is 3.37. The number of hydrogen-bond acceptors (Lipinski definition) is 8. The number of carbonyl (C=O) groups is 1. The van der Waals surface area contributed by atoms with Crippen LogP contribution in [0.2, 0.25) is 0 Å². The second-order valence-electron chi connectivity index (χ2n) is 6.53. The fourth-order valence-corrected chi connectivity index (χ4v) is 4.97. The van der Waals surface area contributed by atoms with Crippen LogP contribution in [0, 0.1) is 11.3 Å². The first-order valence-electron chi connectivity index (χ1n) is 9.01. The summed E-state index contributed by atoms with van der Waals surface area (Å²) in [5, 5.41) is 25.1. The largest absolute Gasteiger partial charge is 0.508 e. The van der Waals surface area contributed by atoms with Crippen LogP contribution >= 0.6 is 22.7 Å². The fraction of sp³-hybridized carbons (Fsp3) is 0.0952. The van der Waals surface area contributed by atoms with E-state index < -0.39 is 5.91 Å². The highest BCUT2D eigenvalue weighted by Crippen LogP contribution is 2.44. The van der Waals surface area contributed by atoms with Gasteiger partial charge in [-0.3, -0.25) is 4.79 Å². The van der Waals surface area contributed by atoms with Crippen LogP contribution in [-0.4, -0.2) is 22.5 Å². The fourth-order valence-electron chi connectivity index (χ4n) is 3.23. The maximum atomic E-state index is 11.8. The minimum absolute atomic E-state index is 0.215. The lowest BCUT2D eigenvalue weighted by molar-refractivity contribution is 0.100. The van der Waals surface area contributed by atoms with E-state index in [1.54, 1.807) is 12.1 Å². The number of nitrogens with one attached hydrogen (secondary N) is 1. The van der Waals surface area contributed by atoms with Crippen LogP contribution in [-0.2, 0) is 6.42 Å². The van der Waals surface area contributed by atoms with Gasteiger partial charge in [-0.1, -0.05) is 18.2 Å². The van der Waals surface area contributed by atoms with E-state index in [-0.39, 0.29) is 16.3 Å². The van der Waals surface area contributed by atoms with E-state index in [9.17, 15) is 15.2 Å². The molecule has 0 radical (unpaired) electrons. The van der Waals surface area contributed by atoms with E-state index in [1.165, 1.54) is 11.3 Å². The van der Waals surface area contributed by atoms with Gasteiger partial charge in [-0.05, 0) is 35.6 Å². The molecule has 0 spiro atoms. The van der Waals surface area contributed by atoms with Gasteiger partial charge in [0.15, 0.2) is 0 Å². The minimum Gasteiger partial charge on any atom is -0.508 e. The zero-order valence-electron chi connectivity index (χ0n) is 15.7. The number of nitrogens with two attached hydrogens (primary N) is 2. The average molecular weight is 436 g/mol. The Bertz CT molecular complexity index is 1270. The number of rotatable bonds is 6. The number of anilines is 2. The van der Waals surface area contributed by atoms with Gasteiger partial charge in [0.2, 0.25) is 0 Å². The Morgan fingerprint density at radius 3 is 2.67 bits per heavy atom. The Morgan fingerprint density at radius 2 is 2.03 bits per heavy atom. The van der Waals surface area contributed by atoms with Gasteiger partial charge in [-0.2, -0.15) is 5.26 Å². The Kier molecular flexibility index (Phi) is 5.27. The molecule has 0 saturated carbocycles. The molecule has 3 aromatic heterocycles. The molecule has 150 valence electrons. The number of nitriles is 1. The highest BCUT2D eigenvalue weighted by Gasteiger charge is 2.24. The second kappa shape index (κ2) is 8.02. The van der Waals surface area contributed by atoms with Crippen LogP contribution < -0.4 is 16.8 Å². The van der Waals surface area contributed by atoms with Crippen molar-refractivity contribution in [2.45, 2.75) is 6.42 Å². The van der Waals surface area contributed by atoms with Crippen LogP contribution in [0.5, 0.6) is 5.75 Å². The number of phenols is 1. The molecule has 0 bridgehead atoms. The summed E-state index contributed by atoms with van der Waals surface area (Å²) in [6.45, 7) is 0.533. The van der Waals surface area contributed by atoms with E-state index in [2.05, 4.69) is 16.4 Å². The number of carbonyl (C=O) groups excluding carboxylic acids is 1. The van der Waals surface area contributed by atoms with Crippen LogP contribution in [0.4, 0.5) is 11.5 Å². The lowest BCUT2D eigenvalue weighted by Crippen LogP contribution is -2.10. The molecule has 6 N–H and O–H groups in total. The van der Waals surface area contributed by atoms with Gasteiger partial charge < -0.3 is 21.9 Å². The molecular weight excluding hydrogens is 418 g/mol. The molecule has 1 aromatic carbocycles. The third-order valence-electron chi connectivity index (χ3n) is 4.62. The topological polar surface area (TPSA) is 138 Å². The van der Waals surface area contributed by atoms with Crippen molar-refractivity contribution < 1.29 is 9.90 Å². The predicted octanol–water partition coefficient (Wildman–Crippen LogP) is 3.94. The number of pyridine rings is 1. The van der Waals surface area contributed by atoms with Gasteiger partial charge in [-0.25, -0.2) is 4.98 Å². The number of hydrogen-bond donors (Lipinski definition) is 4. The summed E-state index contributed by atoms with van der Waals surface area (Å²) < 4.78 is 0. The number of primary amides is 1. The third-order valence-corrected chi connectivity index (χ3v) is 6.62. The molecule has 0 atom stereocenters.